The molecule has 1 aromatic rings. The standard InChI is InChI=1S/C10H14N2O/c1-8-3-2-4-10(11-8)12-6-5-9(13)7-12/h2-4,9,13H,5-7H2,1H3/t9-/m0/s1. The topological polar surface area (TPSA) is 36.4 Å². The number of β-amino-alcohol motifs (C(OH)–C–C–N with tert-alkyl or cyclic N) is 1. The number of anilines is 1. The first-order valence-corrected chi connectivity index (χ1v) is 4.62. The maximum Gasteiger partial charge on any atom is 0.128 e. The van der Waals surface area contributed by atoms with E-state index >= 15 is 0 Å². The minimum Gasteiger partial charge on any atom is -0.391 e. The maximum atomic E-state index is 9.36. The molecule has 0 aromatic carbocycles. The van der Waals surface area contributed by atoms with Crippen LogP contribution in [0.4, 0.5) is 5.82 Å². The van der Waals surface area contributed by atoms with Gasteiger partial charge >= 0.3 is 0 Å². The molecule has 2 rings (SSSR count). The summed E-state index contributed by atoms with van der Waals surface area (Å²) in [6.45, 7) is 3.62. The third kappa shape index (κ3) is 1.80. The molecular formula is C10H14N2O. The van der Waals surface area contributed by atoms with Crippen molar-refractivity contribution in [2.24, 2.45) is 0 Å². The largest absolute Gasteiger partial charge is 0.391 e. The van der Waals surface area contributed by atoms with Crippen molar-refractivity contribution in [3.63, 3.8) is 0 Å². The lowest BCUT2D eigenvalue weighted by Crippen LogP contribution is -2.22. The summed E-state index contributed by atoms with van der Waals surface area (Å²) in [4.78, 5) is 6.53. The van der Waals surface area contributed by atoms with Crippen LogP contribution in [0.2, 0.25) is 0 Å². The van der Waals surface area contributed by atoms with Crippen LogP contribution >= 0.6 is 0 Å². The van der Waals surface area contributed by atoms with E-state index in [0.717, 1.165) is 31.0 Å². The van der Waals surface area contributed by atoms with Crippen LogP contribution in [0, 0.1) is 6.92 Å². The van der Waals surface area contributed by atoms with E-state index in [1.54, 1.807) is 0 Å². The van der Waals surface area contributed by atoms with Gasteiger partial charge in [-0.3, -0.25) is 0 Å². The third-order valence-electron chi connectivity index (χ3n) is 2.36. The Morgan fingerprint density at radius 3 is 3.00 bits per heavy atom. The first-order valence-electron chi connectivity index (χ1n) is 4.62. The SMILES string of the molecule is Cc1cccc(N2CC[C@H](O)C2)n1. The van der Waals surface area contributed by atoms with Gasteiger partial charge < -0.3 is 10.0 Å². The highest BCUT2D eigenvalue weighted by Gasteiger charge is 2.20. The Morgan fingerprint density at radius 1 is 1.54 bits per heavy atom. The van der Waals surface area contributed by atoms with E-state index < -0.39 is 0 Å². The van der Waals surface area contributed by atoms with E-state index in [9.17, 15) is 5.11 Å². The van der Waals surface area contributed by atoms with E-state index in [0.29, 0.717) is 0 Å². The van der Waals surface area contributed by atoms with Crippen molar-refractivity contribution in [2.45, 2.75) is 19.4 Å². The minimum absolute atomic E-state index is 0.178. The molecule has 2 heterocycles. The Balaban J connectivity index is 2.16. The van der Waals surface area contributed by atoms with Crippen molar-refractivity contribution in [3.05, 3.63) is 23.9 Å². The lowest BCUT2D eigenvalue weighted by atomic mass is 10.3. The van der Waals surface area contributed by atoms with Gasteiger partial charge in [0.1, 0.15) is 5.82 Å². The smallest absolute Gasteiger partial charge is 0.128 e. The molecule has 0 radical (unpaired) electrons. The van der Waals surface area contributed by atoms with Gasteiger partial charge in [-0.15, -0.1) is 0 Å². The van der Waals surface area contributed by atoms with Gasteiger partial charge in [-0.2, -0.15) is 0 Å². The summed E-state index contributed by atoms with van der Waals surface area (Å²) in [6.07, 6.45) is 0.678. The second-order valence-corrected chi connectivity index (χ2v) is 3.53. The van der Waals surface area contributed by atoms with Crippen LogP contribution in [0.5, 0.6) is 0 Å². The molecule has 13 heavy (non-hydrogen) atoms. The average Bonchev–Trinajstić information content (AvgIpc) is 2.52. The Bertz CT molecular complexity index is 301. The summed E-state index contributed by atoms with van der Waals surface area (Å²) in [5, 5.41) is 9.36. The summed E-state index contributed by atoms with van der Waals surface area (Å²) >= 11 is 0. The fourth-order valence-corrected chi connectivity index (χ4v) is 1.65. The number of aryl methyl sites for hydroxylation is 1. The van der Waals surface area contributed by atoms with Crippen LogP contribution < -0.4 is 4.90 Å². The number of hydrogen-bond acceptors (Lipinski definition) is 3. The second-order valence-electron chi connectivity index (χ2n) is 3.53. The average molecular weight is 178 g/mol. The molecule has 0 bridgehead atoms. The Hall–Kier alpha value is -1.09. The highest BCUT2D eigenvalue weighted by Crippen LogP contribution is 2.17. The van der Waals surface area contributed by atoms with Crippen molar-refractivity contribution >= 4 is 5.82 Å². The highest BCUT2D eigenvalue weighted by molar-refractivity contribution is 5.40. The fraction of sp³-hybridized carbons (Fsp3) is 0.500. The Labute approximate surface area is 78.0 Å². The molecule has 1 N–H and O–H groups in total. The van der Waals surface area contributed by atoms with Crippen LogP contribution in [0.1, 0.15) is 12.1 Å². The second kappa shape index (κ2) is 3.34. The zero-order valence-electron chi connectivity index (χ0n) is 7.77. The van der Waals surface area contributed by atoms with Gasteiger partial charge in [-0.05, 0) is 25.5 Å². The molecule has 1 fully saturated rings. The van der Waals surface area contributed by atoms with Gasteiger partial charge in [0.2, 0.25) is 0 Å². The van der Waals surface area contributed by atoms with E-state index in [1.807, 2.05) is 25.1 Å². The summed E-state index contributed by atoms with van der Waals surface area (Å²) < 4.78 is 0. The molecule has 70 valence electrons. The molecule has 1 aromatic heterocycles. The quantitative estimate of drug-likeness (QED) is 0.696. The Morgan fingerprint density at radius 2 is 2.38 bits per heavy atom. The van der Waals surface area contributed by atoms with E-state index in [1.165, 1.54) is 0 Å². The van der Waals surface area contributed by atoms with Gasteiger partial charge in [-0.25, -0.2) is 4.98 Å². The van der Waals surface area contributed by atoms with Crippen LogP contribution in [0.3, 0.4) is 0 Å². The highest BCUT2D eigenvalue weighted by atomic mass is 16.3. The molecule has 3 nitrogen and oxygen atoms in total. The van der Waals surface area contributed by atoms with E-state index in [2.05, 4.69) is 9.88 Å². The van der Waals surface area contributed by atoms with Crippen molar-refractivity contribution in [1.82, 2.24) is 4.98 Å². The molecule has 0 saturated carbocycles. The third-order valence-corrected chi connectivity index (χ3v) is 2.36. The molecule has 0 amide bonds. The number of pyridine rings is 1. The van der Waals surface area contributed by atoms with Gasteiger partial charge in [0, 0.05) is 18.8 Å². The molecule has 1 aliphatic rings. The summed E-state index contributed by atoms with van der Waals surface area (Å²) in [5.41, 5.74) is 1.03. The number of rotatable bonds is 1. The summed E-state index contributed by atoms with van der Waals surface area (Å²) in [5.74, 6) is 0.983. The Kier molecular flexibility index (Phi) is 2.19. The normalized spacial score (nSPS) is 22.3. The lowest BCUT2D eigenvalue weighted by molar-refractivity contribution is 0.198. The van der Waals surface area contributed by atoms with E-state index in [4.69, 9.17) is 0 Å². The van der Waals surface area contributed by atoms with Crippen LogP contribution in [0.25, 0.3) is 0 Å². The molecule has 1 atom stereocenters. The predicted octanol–water partition coefficient (Wildman–Crippen LogP) is 0.961. The lowest BCUT2D eigenvalue weighted by Gasteiger charge is -2.16. The van der Waals surface area contributed by atoms with Gasteiger partial charge in [0.25, 0.3) is 0 Å². The van der Waals surface area contributed by atoms with Crippen molar-refractivity contribution in [3.8, 4) is 0 Å². The molecule has 0 aliphatic carbocycles. The molecule has 1 saturated heterocycles. The maximum absolute atomic E-state index is 9.36. The molecule has 0 spiro atoms. The predicted molar refractivity (Wildman–Crippen MR) is 51.8 cm³/mol. The van der Waals surface area contributed by atoms with Crippen LogP contribution in [-0.2, 0) is 0 Å². The molecular weight excluding hydrogens is 164 g/mol. The molecule has 1 aliphatic heterocycles. The van der Waals surface area contributed by atoms with Crippen molar-refractivity contribution in [2.75, 3.05) is 18.0 Å². The number of aliphatic hydroxyl groups excluding tert-OH is 1. The minimum atomic E-state index is -0.178. The van der Waals surface area contributed by atoms with Gasteiger partial charge in [-0.1, -0.05) is 6.07 Å². The first kappa shape index (κ1) is 8.51. The van der Waals surface area contributed by atoms with Gasteiger partial charge in [0.05, 0.1) is 6.10 Å². The van der Waals surface area contributed by atoms with E-state index in [-0.39, 0.29) is 6.10 Å². The van der Waals surface area contributed by atoms with Crippen LogP contribution in [0.15, 0.2) is 18.2 Å². The number of nitrogens with zero attached hydrogens (tertiary/aromatic N) is 2. The fourth-order valence-electron chi connectivity index (χ4n) is 1.65. The number of hydrogen-bond donors (Lipinski definition) is 1. The van der Waals surface area contributed by atoms with Crippen molar-refractivity contribution in [1.29, 1.82) is 0 Å². The van der Waals surface area contributed by atoms with Gasteiger partial charge in [0.15, 0.2) is 0 Å². The summed E-state index contributed by atoms with van der Waals surface area (Å²) in [7, 11) is 0. The first-order chi connectivity index (χ1) is 6.25. The summed E-state index contributed by atoms with van der Waals surface area (Å²) in [6, 6.07) is 5.98. The molecule has 0 unspecified atom stereocenters. The number of aliphatic hydroxyl groups is 1. The number of aromatic nitrogens is 1. The van der Waals surface area contributed by atoms with Crippen LogP contribution in [-0.4, -0.2) is 29.3 Å². The monoisotopic (exact) mass is 178 g/mol. The van der Waals surface area contributed by atoms with Crippen molar-refractivity contribution < 1.29 is 5.11 Å². The zero-order valence-corrected chi connectivity index (χ0v) is 7.77. The zero-order chi connectivity index (χ0) is 9.26. The molecule has 3 heteroatoms.